The number of amides is 1. The molecule has 3 aromatic rings. The molecule has 0 bridgehead atoms. The van der Waals surface area contributed by atoms with E-state index in [1.807, 2.05) is 66.7 Å². The highest BCUT2D eigenvalue weighted by molar-refractivity contribution is 6.02. The zero-order valence-electron chi connectivity index (χ0n) is 16.8. The third kappa shape index (κ3) is 4.51. The molecule has 0 radical (unpaired) electrons. The molecule has 0 aromatic heterocycles. The molecule has 1 aliphatic heterocycles. The van der Waals surface area contributed by atoms with Gasteiger partial charge in [-0.2, -0.15) is 0 Å². The maximum Gasteiger partial charge on any atom is 0.220 e. The van der Waals surface area contributed by atoms with Gasteiger partial charge in [0.2, 0.25) is 5.91 Å². The van der Waals surface area contributed by atoms with Crippen molar-refractivity contribution in [3.63, 3.8) is 0 Å². The lowest BCUT2D eigenvalue weighted by Crippen LogP contribution is -2.38. The highest BCUT2D eigenvalue weighted by atomic mass is 16.5. The molecule has 0 spiro atoms. The summed E-state index contributed by atoms with van der Waals surface area (Å²) in [6.45, 7) is 2.65. The molecule has 0 aliphatic carbocycles. The number of carbonyl (C=O) groups is 2. The Kier molecular flexibility index (Phi) is 5.80. The first-order valence-electron chi connectivity index (χ1n) is 9.89. The summed E-state index contributed by atoms with van der Waals surface area (Å²) in [6, 6.07) is 23.2. The molecule has 1 aliphatic rings. The van der Waals surface area contributed by atoms with Crippen molar-refractivity contribution in [2.45, 2.75) is 26.7 Å². The Labute approximate surface area is 175 Å². The van der Waals surface area contributed by atoms with Crippen molar-refractivity contribution in [1.29, 1.82) is 0 Å². The standard InChI is InChI=1S/C25H23NO4/c1-18(27)26-14-23-22(24(28)15-26)12-21(29-16-19-8-4-2-5-9-19)13-25(23)30-17-20-10-6-3-7-11-20/h2-13H,14-17H2,1H3. The molecule has 4 rings (SSSR count). The Balaban J connectivity index is 1.63. The van der Waals surface area contributed by atoms with Crippen LogP contribution in [0.1, 0.15) is 34.0 Å². The predicted molar refractivity (Wildman–Crippen MR) is 113 cm³/mol. The van der Waals surface area contributed by atoms with Crippen LogP contribution in [0.4, 0.5) is 0 Å². The minimum absolute atomic E-state index is 0.0720. The molecule has 30 heavy (non-hydrogen) atoms. The number of hydrogen-bond acceptors (Lipinski definition) is 4. The predicted octanol–water partition coefficient (Wildman–Crippen LogP) is 4.39. The van der Waals surface area contributed by atoms with Gasteiger partial charge in [-0.25, -0.2) is 0 Å². The largest absolute Gasteiger partial charge is 0.489 e. The number of hydrogen-bond donors (Lipinski definition) is 0. The van der Waals surface area contributed by atoms with Gasteiger partial charge in [-0.15, -0.1) is 0 Å². The number of carbonyl (C=O) groups excluding carboxylic acids is 2. The average Bonchev–Trinajstić information content (AvgIpc) is 2.77. The number of Topliss-reactive ketones (excluding diaryl/α,β-unsaturated/α-hetero) is 1. The van der Waals surface area contributed by atoms with E-state index in [9.17, 15) is 9.59 Å². The Morgan fingerprint density at radius 2 is 1.47 bits per heavy atom. The van der Waals surface area contributed by atoms with Gasteiger partial charge >= 0.3 is 0 Å². The quantitative estimate of drug-likeness (QED) is 0.615. The van der Waals surface area contributed by atoms with Crippen molar-refractivity contribution in [2.75, 3.05) is 6.54 Å². The van der Waals surface area contributed by atoms with Crippen molar-refractivity contribution in [1.82, 2.24) is 4.90 Å². The lowest BCUT2D eigenvalue weighted by Gasteiger charge is -2.29. The van der Waals surface area contributed by atoms with Crippen molar-refractivity contribution in [3.8, 4) is 11.5 Å². The van der Waals surface area contributed by atoms with Crippen LogP contribution in [0.3, 0.4) is 0 Å². The molecule has 0 saturated carbocycles. The summed E-state index contributed by atoms with van der Waals surface area (Å²) in [5.74, 6) is 0.901. The van der Waals surface area contributed by atoms with Gasteiger partial charge < -0.3 is 14.4 Å². The average molecular weight is 401 g/mol. The second-order valence-corrected chi connectivity index (χ2v) is 7.29. The Bertz CT molecular complexity index is 1050. The topological polar surface area (TPSA) is 55.8 Å². The number of ketones is 1. The second-order valence-electron chi connectivity index (χ2n) is 7.29. The molecule has 0 saturated heterocycles. The Morgan fingerprint density at radius 1 is 0.867 bits per heavy atom. The smallest absolute Gasteiger partial charge is 0.220 e. The number of benzene rings is 3. The molecule has 1 amide bonds. The Hall–Kier alpha value is -3.60. The highest BCUT2D eigenvalue weighted by Gasteiger charge is 2.28. The fourth-order valence-corrected chi connectivity index (χ4v) is 3.45. The van der Waals surface area contributed by atoms with Crippen LogP contribution in [0, 0.1) is 0 Å². The molecule has 152 valence electrons. The van der Waals surface area contributed by atoms with Crippen LogP contribution in [0.15, 0.2) is 72.8 Å². The van der Waals surface area contributed by atoms with Crippen LogP contribution in [0.5, 0.6) is 11.5 Å². The van der Waals surface area contributed by atoms with E-state index in [0.29, 0.717) is 36.8 Å². The van der Waals surface area contributed by atoms with Crippen LogP contribution < -0.4 is 9.47 Å². The van der Waals surface area contributed by atoms with Crippen molar-refractivity contribution >= 4 is 11.7 Å². The molecular weight excluding hydrogens is 378 g/mol. The molecule has 0 unspecified atom stereocenters. The summed E-state index contributed by atoms with van der Waals surface area (Å²) in [4.78, 5) is 26.2. The van der Waals surface area contributed by atoms with Crippen LogP contribution in [0.2, 0.25) is 0 Å². The van der Waals surface area contributed by atoms with Gasteiger partial charge in [0.15, 0.2) is 5.78 Å². The number of rotatable bonds is 6. The summed E-state index contributed by atoms with van der Waals surface area (Å²) >= 11 is 0. The van der Waals surface area contributed by atoms with Crippen LogP contribution in [-0.2, 0) is 24.6 Å². The lowest BCUT2D eigenvalue weighted by molar-refractivity contribution is -0.129. The van der Waals surface area contributed by atoms with Gasteiger partial charge in [-0.3, -0.25) is 9.59 Å². The van der Waals surface area contributed by atoms with E-state index in [4.69, 9.17) is 9.47 Å². The van der Waals surface area contributed by atoms with E-state index in [2.05, 4.69) is 0 Å². The fraction of sp³-hybridized carbons (Fsp3) is 0.200. The van der Waals surface area contributed by atoms with Gasteiger partial charge in [0.1, 0.15) is 24.7 Å². The number of nitrogens with zero attached hydrogens (tertiary/aromatic N) is 1. The zero-order valence-corrected chi connectivity index (χ0v) is 16.8. The molecule has 0 atom stereocenters. The first-order chi connectivity index (χ1) is 14.6. The molecule has 1 heterocycles. The summed E-state index contributed by atoms with van der Waals surface area (Å²) in [6.07, 6.45) is 0. The van der Waals surface area contributed by atoms with Gasteiger partial charge in [0, 0.05) is 24.1 Å². The minimum atomic E-state index is -0.132. The monoisotopic (exact) mass is 401 g/mol. The summed E-state index contributed by atoms with van der Waals surface area (Å²) in [5, 5.41) is 0. The van der Waals surface area contributed by atoms with Gasteiger partial charge in [0.05, 0.1) is 13.1 Å². The molecular formula is C25H23NO4. The van der Waals surface area contributed by atoms with E-state index in [-0.39, 0.29) is 18.2 Å². The van der Waals surface area contributed by atoms with Crippen molar-refractivity contribution < 1.29 is 19.1 Å². The maximum atomic E-state index is 12.7. The van der Waals surface area contributed by atoms with Crippen molar-refractivity contribution in [2.24, 2.45) is 0 Å². The fourth-order valence-electron chi connectivity index (χ4n) is 3.45. The summed E-state index contributed by atoms with van der Waals surface area (Å²) < 4.78 is 12.1. The van der Waals surface area contributed by atoms with Crippen LogP contribution >= 0.6 is 0 Å². The van der Waals surface area contributed by atoms with E-state index >= 15 is 0 Å². The molecule has 3 aromatic carbocycles. The molecule has 5 nitrogen and oxygen atoms in total. The SMILES string of the molecule is CC(=O)N1CC(=O)c2cc(OCc3ccccc3)cc(OCc3ccccc3)c2C1. The van der Waals surface area contributed by atoms with E-state index in [0.717, 1.165) is 16.7 Å². The van der Waals surface area contributed by atoms with Crippen LogP contribution in [0.25, 0.3) is 0 Å². The number of fused-ring (bicyclic) bond motifs is 1. The van der Waals surface area contributed by atoms with E-state index < -0.39 is 0 Å². The maximum absolute atomic E-state index is 12.7. The highest BCUT2D eigenvalue weighted by Crippen LogP contribution is 2.34. The molecule has 5 heteroatoms. The third-order valence-corrected chi connectivity index (χ3v) is 5.10. The lowest BCUT2D eigenvalue weighted by atomic mass is 9.97. The van der Waals surface area contributed by atoms with E-state index in [1.54, 1.807) is 6.07 Å². The van der Waals surface area contributed by atoms with Crippen LogP contribution in [-0.4, -0.2) is 23.1 Å². The summed E-state index contributed by atoms with van der Waals surface area (Å²) in [5.41, 5.74) is 3.34. The summed E-state index contributed by atoms with van der Waals surface area (Å²) in [7, 11) is 0. The molecule has 0 N–H and O–H groups in total. The minimum Gasteiger partial charge on any atom is -0.489 e. The van der Waals surface area contributed by atoms with E-state index in [1.165, 1.54) is 11.8 Å². The first-order valence-corrected chi connectivity index (χ1v) is 9.89. The Morgan fingerprint density at radius 3 is 2.07 bits per heavy atom. The van der Waals surface area contributed by atoms with Gasteiger partial charge in [-0.1, -0.05) is 60.7 Å². The van der Waals surface area contributed by atoms with Gasteiger partial charge in [0.25, 0.3) is 0 Å². The molecule has 0 fully saturated rings. The third-order valence-electron chi connectivity index (χ3n) is 5.10. The van der Waals surface area contributed by atoms with Gasteiger partial charge in [-0.05, 0) is 17.2 Å². The number of ether oxygens (including phenoxy) is 2. The normalized spacial score (nSPS) is 13.0. The first kappa shape index (κ1) is 19.7. The van der Waals surface area contributed by atoms with Crippen molar-refractivity contribution in [3.05, 3.63) is 95.1 Å². The second kappa shape index (κ2) is 8.82. The zero-order chi connectivity index (χ0) is 20.9.